The Morgan fingerprint density at radius 2 is 1.80 bits per heavy atom. The van der Waals surface area contributed by atoms with E-state index in [1.807, 2.05) is 13.8 Å². The number of hydrogen-bond donors (Lipinski definition) is 2. The molecule has 2 aromatic rings. The van der Waals surface area contributed by atoms with Crippen molar-refractivity contribution < 1.29 is 22.7 Å². The number of hydrogen-bond acceptors (Lipinski definition) is 6. The summed E-state index contributed by atoms with van der Waals surface area (Å²) in [6, 6.07) is 1.63. The molecule has 0 bridgehead atoms. The van der Waals surface area contributed by atoms with Gasteiger partial charge in [0.15, 0.2) is 0 Å². The number of nitrogens with two attached hydrogens (primary N) is 1. The average Bonchev–Trinajstić information content (AvgIpc) is 3.03. The van der Waals surface area contributed by atoms with Crippen molar-refractivity contribution in [3.05, 3.63) is 41.4 Å². The standard InChI is InChI=1S/C16H21F3N4O2/c1-8(2)11(20)12(24)13-22-23-14(25-13)15(3,4)10-6-5-9(7-21-10)16(17,18)19/h5-8,11-12,24H,20H2,1-4H3. The van der Waals surface area contributed by atoms with Gasteiger partial charge >= 0.3 is 6.18 Å². The van der Waals surface area contributed by atoms with E-state index in [9.17, 15) is 18.3 Å². The number of aromatic nitrogens is 3. The molecule has 0 aromatic carbocycles. The number of pyridine rings is 1. The summed E-state index contributed by atoms with van der Waals surface area (Å²) in [5.74, 6) is 0.0934. The second-order valence-corrected chi connectivity index (χ2v) is 6.77. The molecule has 0 aliphatic heterocycles. The van der Waals surface area contributed by atoms with E-state index in [0.29, 0.717) is 5.69 Å². The van der Waals surface area contributed by atoms with Gasteiger partial charge in [-0.1, -0.05) is 13.8 Å². The van der Waals surface area contributed by atoms with Crippen LogP contribution in [0.4, 0.5) is 13.2 Å². The SMILES string of the molecule is CC(C)C(N)C(O)c1nnc(C(C)(C)c2ccc(C(F)(F)F)cn2)o1. The first-order valence-electron chi connectivity index (χ1n) is 7.76. The van der Waals surface area contributed by atoms with Gasteiger partial charge in [-0.25, -0.2) is 0 Å². The lowest BCUT2D eigenvalue weighted by Gasteiger charge is -2.21. The molecule has 0 saturated carbocycles. The lowest BCUT2D eigenvalue weighted by molar-refractivity contribution is -0.137. The van der Waals surface area contributed by atoms with Gasteiger partial charge < -0.3 is 15.3 Å². The molecule has 6 nitrogen and oxygen atoms in total. The van der Waals surface area contributed by atoms with E-state index in [1.165, 1.54) is 6.07 Å². The van der Waals surface area contributed by atoms with Crippen LogP contribution in [-0.4, -0.2) is 26.3 Å². The van der Waals surface area contributed by atoms with E-state index in [2.05, 4.69) is 15.2 Å². The Bertz CT molecular complexity index is 711. The zero-order valence-corrected chi connectivity index (χ0v) is 14.4. The third-order valence-corrected chi connectivity index (χ3v) is 4.09. The molecule has 2 unspecified atom stereocenters. The van der Waals surface area contributed by atoms with Crippen LogP contribution in [-0.2, 0) is 11.6 Å². The monoisotopic (exact) mass is 358 g/mol. The molecule has 0 aliphatic carbocycles. The van der Waals surface area contributed by atoms with Gasteiger partial charge in [0, 0.05) is 12.2 Å². The van der Waals surface area contributed by atoms with Crippen LogP contribution in [0.1, 0.15) is 56.8 Å². The maximum atomic E-state index is 12.7. The molecule has 2 aromatic heterocycles. The summed E-state index contributed by atoms with van der Waals surface area (Å²) in [4.78, 5) is 3.88. The molecule has 2 rings (SSSR count). The molecule has 138 valence electrons. The molecule has 0 radical (unpaired) electrons. The molecule has 2 atom stereocenters. The predicted octanol–water partition coefficient (Wildman–Crippen LogP) is 2.83. The van der Waals surface area contributed by atoms with E-state index in [-0.39, 0.29) is 17.7 Å². The van der Waals surface area contributed by atoms with Crippen molar-refractivity contribution in [2.24, 2.45) is 11.7 Å². The summed E-state index contributed by atoms with van der Waals surface area (Å²) in [6.45, 7) is 7.08. The van der Waals surface area contributed by atoms with Crippen molar-refractivity contribution in [2.45, 2.75) is 51.4 Å². The van der Waals surface area contributed by atoms with Crippen LogP contribution in [0.3, 0.4) is 0 Å². The molecule has 0 fully saturated rings. The zero-order valence-electron chi connectivity index (χ0n) is 14.4. The van der Waals surface area contributed by atoms with Gasteiger partial charge in [-0.2, -0.15) is 13.2 Å². The minimum absolute atomic E-state index is 0.00469. The Kier molecular flexibility index (Phi) is 5.19. The lowest BCUT2D eigenvalue weighted by Crippen LogP contribution is -2.33. The van der Waals surface area contributed by atoms with Gasteiger partial charge in [0.25, 0.3) is 0 Å². The quantitative estimate of drug-likeness (QED) is 0.853. The third-order valence-electron chi connectivity index (χ3n) is 4.09. The van der Waals surface area contributed by atoms with E-state index in [4.69, 9.17) is 10.2 Å². The number of aliphatic hydroxyl groups is 1. The molecular formula is C16H21F3N4O2. The topological polar surface area (TPSA) is 98.1 Å². The number of rotatable bonds is 5. The van der Waals surface area contributed by atoms with Gasteiger partial charge in [-0.15, -0.1) is 10.2 Å². The van der Waals surface area contributed by atoms with E-state index >= 15 is 0 Å². The highest BCUT2D eigenvalue weighted by Gasteiger charge is 2.35. The lowest BCUT2D eigenvalue weighted by atomic mass is 9.88. The normalized spacial score (nSPS) is 15.4. The molecule has 0 saturated heterocycles. The average molecular weight is 358 g/mol. The summed E-state index contributed by atoms with van der Waals surface area (Å²) < 4.78 is 43.5. The molecule has 9 heteroatoms. The van der Waals surface area contributed by atoms with Gasteiger partial charge in [0.1, 0.15) is 6.10 Å². The second kappa shape index (κ2) is 6.72. The first kappa shape index (κ1) is 19.3. The summed E-state index contributed by atoms with van der Waals surface area (Å²) in [5.41, 5.74) is 4.44. The maximum Gasteiger partial charge on any atom is 0.417 e. The summed E-state index contributed by atoms with van der Waals surface area (Å²) in [7, 11) is 0. The highest BCUT2D eigenvalue weighted by molar-refractivity contribution is 5.26. The summed E-state index contributed by atoms with van der Waals surface area (Å²) in [5, 5.41) is 17.9. The predicted molar refractivity (Wildman–Crippen MR) is 83.4 cm³/mol. The highest BCUT2D eigenvalue weighted by Crippen LogP contribution is 2.33. The van der Waals surface area contributed by atoms with Gasteiger partial charge in [0.05, 0.1) is 16.7 Å². The fraction of sp³-hybridized carbons (Fsp3) is 0.562. The van der Waals surface area contributed by atoms with E-state index in [1.54, 1.807) is 13.8 Å². The fourth-order valence-corrected chi connectivity index (χ4v) is 2.18. The zero-order chi connectivity index (χ0) is 19.0. The smallest absolute Gasteiger partial charge is 0.417 e. The minimum Gasteiger partial charge on any atom is -0.421 e. The molecule has 0 aliphatic rings. The Labute approximate surface area is 143 Å². The Morgan fingerprint density at radius 1 is 1.16 bits per heavy atom. The van der Waals surface area contributed by atoms with Crippen LogP contribution in [0, 0.1) is 5.92 Å². The maximum absolute atomic E-state index is 12.7. The van der Waals surface area contributed by atoms with Crippen LogP contribution in [0.15, 0.2) is 22.7 Å². The van der Waals surface area contributed by atoms with Gasteiger partial charge in [0.2, 0.25) is 11.8 Å². The van der Waals surface area contributed by atoms with Crippen molar-refractivity contribution in [3.8, 4) is 0 Å². The van der Waals surface area contributed by atoms with E-state index in [0.717, 1.165) is 12.3 Å². The van der Waals surface area contributed by atoms with Crippen LogP contribution in [0.5, 0.6) is 0 Å². The van der Waals surface area contributed by atoms with Crippen LogP contribution < -0.4 is 5.73 Å². The van der Waals surface area contributed by atoms with E-state index < -0.39 is 29.3 Å². The van der Waals surface area contributed by atoms with Crippen molar-refractivity contribution in [2.75, 3.05) is 0 Å². The largest absolute Gasteiger partial charge is 0.421 e. The van der Waals surface area contributed by atoms with Gasteiger partial charge in [-0.05, 0) is 31.9 Å². The van der Waals surface area contributed by atoms with Crippen LogP contribution in [0.2, 0.25) is 0 Å². The fourth-order valence-electron chi connectivity index (χ4n) is 2.18. The number of aliphatic hydroxyl groups excluding tert-OH is 1. The van der Waals surface area contributed by atoms with Crippen molar-refractivity contribution >= 4 is 0 Å². The minimum atomic E-state index is -4.45. The Balaban J connectivity index is 2.28. The first-order chi connectivity index (χ1) is 11.4. The Hall–Kier alpha value is -2.00. The molecule has 2 heterocycles. The van der Waals surface area contributed by atoms with Crippen molar-refractivity contribution in [1.82, 2.24) is 15.2 Å². The number of halogens is 3. The molecule has 25 heavy (non-hydrogen) atoms. The van der Waals surface area contributed by atoms with Crippen molar-refractivity contribution in [3.63, 3.8) is 0 Å². The molecule has 0 amide bonds. The third kappa shape index (κ3) is 3.98. The Morgan fingerprint density at radius 3 is 2.28 bits per heavy atom. The summed E-state index contributed by atoms with van der Waals surface area (Å²) in [6.07, 6.45) is -4.82. The molecule has 3 N–H and O–H groups in total. The number of nitrogens with zero attached hydrogens (tertiary/aromatic N) is 3. The van der Waals surface area contributed by atoms with Crippen LogP contribution in [0.25, 0.3) is 0 Å². The molecular weight excluding hydrogens is 337 g/mol. The van der Waals surface area contributed by atoms with Crippen LogP contribution >= 0.6 is 0 Å². The summed E-state index contributed by atoms with van der Waals surface area (Å²) >= 11 is 0. The van der Waals surface area contributed by atoms with Gasteiger partial charge in [-0.3, -0.25) is 4.98 Å². The second-order valence-electron chi connectivity index (χ2n) is 6.77. The first-order valence-corrected chi connectivity index (χ1v) is 7.76. The van der Waals surface area contributed by atoms with Crippen molar-refractivity contribution in [1.29, 1.82) is 0 Å². The molecule has 0 spiro atoms. The highest BCUT2D eigenvalue weighted by atomic mass is 19.4. The number of alkyl halides is 3.